The minimum Gasteiger partial charge on any atom is -0.379 e. The highest BCUT2D eigenvalue weighted by Crippen LogP contribution is 2.02. The number of aldehydes is 1. The number of carbonyl (C=O) groups is 1. The Balaban J connectivity index is 0. The third kappa shape index (κ3) is 22.6. The normalized spacial score (nSPS) is 10.6. The number of hydrogen-bond acceptors (Lipinski definition) is 2. The van der Waals surface area contributed by atoms with E-state index in [0.29, 0.717) is 12.3 Å². The van der Waals surface area contributed by atoms with Crippen LogP contribution >= 0.6 is 0 Å². The summed E-state index contributed by atoms with van der Waals surface area (Å²) in [5.74, 6) is 0.530. The van der Waals surface area contributed by atoms with Gasteiger partial charge in [-0.25, -0.2) is 0 Å². The molecule has 0 heterocycles. The highest BCUT2D eigenvalue weighted by molar-refractivity contribution is 5.49. The van der Waals surface area contributed by atoms with Crippen molar-refractivity contribution in [1.82, 2.24) is 0 Å². The van der Waals surface area contributed by atoms with E-state index in [4.69, 9.17) is 4.74 Å². The molecule has 0 bridgehead atoms. The molecule has 0 spiro atoms. The molecule has 0 saturated heterocycles. The first-order valence-corrected chi connectivity index (χ1v) is 4.32. The minimum absolute atomic E-state index is 0.0417. The summed E-state index contributed by atoms with van der Waals surface area (Å²) >= 11 is 0. The van der Waals surface area contributed by atoms with Crippen LogP contribution in [-0.4, -0.2) is 19.0 Å². The SMILES string of the molecule is CC(C)CC=O.COC(C)(C)C. The molecule has 0 saturated carbocycles. The lowest BCUT2D eigenvalue weighted by Gasteiger charge is -2.14. The lowest BCUT2D eigenvalue weighted by Crippen LogP contribution is -2.15. The smallest absolute Gasteiger partial charge is 0.120 e. The first-order valence-electron chi connectivity index (χ1n) is 4.32. The van der Waals surface area contributed by atoms with E-state index in [2.05, 4.69) is 0 Å². The molecular weight excluding hydrogens is 152 g/mol. The van der Waals surface area contributed by atoms with Crippen molar-refractivity contribution >= 4 is 6.29 Å². The van der Waals surface area contributed by atoms with Gasteiger partial charge in [-0.2, -0.15) is 0 Å². The number of carbonyl (C=O) groups excluding carboxylic acids is 1. The molecule has 0 radical (unpaired) electrons. The monoisotopic (exact) mass is 174 g/mol. The van der Waals surface area contributed by atoms with Crippen molar-refractivity contribution in [2.24, 2.45) is 5.92 Å². The maximum atomic E-state index is 9.62. The second-order valence-electron chi connectivity index (χ2n) is 4.11. The van der Waals surface area contributed by atoms with E-state index >= 15 is 0 Å². The molecule has 2 heteroatoms. The molecular formula is C10H22O2. The fourth-order valence-electron chi connectivity index (χ4n) is 0.192. The first-order chi connectivity index (χ1) is 5.33. The van der Waals surface area contributed by atoms with Gasteiger partial charge in [0.25, 0.3) is 0 Å². The predicted octanol–water partition coefficient (Wildman–Crippen LogP) is 2.66. The first kappa shape index (κ1) is 14.2. The third-order valence-corrected chi connectivity index (χ3v) is 1.18. The van der Waals surface area contributed by atoms with Gasteiger partial charge in [0, 0.05) is 13.5 Å². The van der Waals surface area contributed by atoms with Crippen LogP contribution in [-0.2, 0) is 9.53 Å². The quantitative estimate of drug-likeness (QED) is 0.602. The van der Waals surface area contributed by atoms with E-state index in [0.717, 1.165) is 6.29 Å². The molecule has 0 aromatic heterocycles. The van der Waals surface area contributed by atoms with Crippen LogP contribution in [0.1, 0.15) is 41.0 Å². The fourth-order valence-corrected chi connectivity index (χ4v) is 0.192. The predicted molar refractivity (Wildman–Crippen MR) is 52.3 cm³/mol. The van der Waals surface area contributed by atoms with Gasteiger partial charge >= 0.3 is 0 Å². The van der Waals surface area contributed by atoms with Crippen molar-refractivity contribution in [3.8, 4) is 0 Å². The molecule has 0 aromatic rings. The zero-order chi connectivity index (χ0) is 10.2. The summed E-state index contributed by atoms with van der Waals surface area (Å²) in [4.78, 5) is 9.62. The van der Waals surface area contributed by atoms with Crippen LogP contribution in [0, 0.1) is 5.92 Å². The summed E-state index contributed by atoms with van der Waals surface area (Å²) in [6.45, 7) is 10.1. The summed E-state index contributed by atoms with van der Waals surface area (Å²) in [6, 6.07) is 0. The Morgan fingerprint density at radius 3 is 1.67 bits per heavy atom. The summed E-state index contributed by atoms with van der Waals surface area (Å²) in [5, 5.41) is 0. The largest absolute Gasteiger partial charge is 0.379 e. The molecule has 0 aliphatic carbocycles. The van der Waals surface area contributed by atoms with Crippen LogP contribution in [0.5, 0.6) is 0 Å². The van der Waals surface area contributed by atoms with Gasteiger partial charge < -0.3 is 9.53 Å². The zero-order valence-electron chi connectivity index (χ0n) is 9.18. The van der Waals surface area contributed by atoms with Crippen LogP contribution < -0.4 is 0 Å². The molecule has 2 nitrogen and oxygen atoms in total. The molecule has 0 aliphatic heterocycles. The van der Waals surface area contributed by atoms with E-state index in [9.17, 15) is 4.79 Å². The number of hydrogen-bond donors (Lipinski definition) is 0. The maximum Gasteiger partial charge on any atom is 0.120 e. The van der Waals surface area contributed by atoms with E-state index < -0.39 is 0 Å². The van der Waals surface area contributed by atoms with Crippen molar-refractivity contribution in [3.63, 3.8) is 0 Å². The second-order valence-corrected chi connectivity index (χ2v) is 4.11. The van der Waals surface area contributed by atoms with Crippen molar-refractivity contribution in [2.75, 3.05) is 7.11 Å². The Hall–Kier alpha value is -0.370. The fraction of sp³-hybridized carbons (Fsp3) is 0.900. The Bertz CT molecular complexity index is 101. The van der Waals surface area contributed by atoms with Gasteiger partial charge in [0.05, 0.1) is 5.60 Å². The number of ether oxygens (including phenoxy) is 1. The molecule has 0 rings (SSSR count). The Kier molecular flexibility index (Phi) is 8.61. The van der Waals surface area contributed by atoms with Gasteiger partial charge in [-0.3, -0.25) is 0 Å². The van der Waals surface area contributed by atoms with Crippen molar-refractivity contribution in [3.05, 3.63) is 0 Å². The molecule has 12 heavy (non-hydrogen) atoms. The Morgan fingerprint density at radius 1 is 1.33 bits per heavy atom. The van der Waals surface area contributed by atoms with Crippen LogP contribution in [0.2, 0.25) is 0 Å². The summed E-state index contributed by atoms with van der Waals surface area (Å²) in [7, 11) is 1.71. The topological polar surface area (TPSA) is 26.3 Å². The van der Waals surface area contributed by atoms with Crippen LogP contribution in [0.3, 0.4) is 0 Å². The number of methoxy groups -OCH3 is 1. The summed E-state index contributed by atoms with van der Waals surface area (Å²) in [5.41, 5.74) is 0.0417. The van der Waals surface area contributed by atoms with Crippen LogP contribution in [0.25, 0.3) is 0 Å². The number of rotatable bonds is 2. The van der Waals surface area contributed by atoms with Gasteiger partial charge in [-0.05, 0) is 26.7 Å². The highest BCUT2D eigenvalue weighted by Gasteiger charge is 2.03. The lowest BCUT2D eigenvalue weighted by molar-refractivity contribution is -0.108. The second kappa shape index (κ2) is 7.29. The molecule has 0 N–H and O–H groups in total. The van der Waals surface area contributed by atoms with E-state index in [1.165, 1.54) is 0 Å². The Morgan fingerprint density at radius 2 is 1.67 bits per heavy atom. The summed E-state index contributed by atoms with van der Waals surface area (Å²) < 4.78 is 4.94. The van der Waals surface area contributed by atoms with Gasteiger partial charge in [-0.15, -0.1) is 0 Å². The van der Waals surface area contributed by atoms with Crippen molar-refractivity contribution in [1.29, 1.82) is 0 Å². The van der Waals surface area contributed by atoms with Gasteiger partial charge in [-0.1, -0.05) is 13.8 Å². The molecule has 0 aromatic carbocycles. The van der Waals surface area contributed by atoms with Crippen LogP contribution in [0.15, 0.2) is 0 Å². The Labute approximate surface area is 76.3 Å². The molecule has 0 amide bonds. The molecule has 0 aliphatic rings. The highest BCUT2D eigenvalue weighted by atomic mass is 16.5. The lowest BCUT2D eigenvalue weighted by atomic mass is 10.2. The van der Waals surface area contributed by atoms with Gasteiger partial charge in [0.1, 0.15) is 6.29 Å². The molecule has 0 unspecified atom stereocenters. The third-order valence-electron chi connectivity index (χ3n) is 1.18. The van der Waals surface area contributed by atoms with Crippen molar-refractivity contribution in [2.45, 2.75) is 46.6 Å². The molecule has 74 valence electrons. The van der Waals surface area contributed by atoms with E-state index in [1.807, 2.05) is 34.6 Å². The molecule has 0 fully saturated rings. The van der Waals surface area contributed by atoms with Crippen molar-refractivity contribution < 1.29 is 9.53 Å². The van der Waals surface area contributed by atoms with E-state index in [1.54, 1.807) is 7.11 Å². The van der Waals surface area contributed by atoms with Crippen LogP contribution in [0.4, 0.5) is 0 Å². The van der Waals surface area contributed by atoms with Gasteiger partial charge in [0.15, 0.2) is 0 Å². The molecule has 0 atom stereocenters. The summed E-state index contributed by atoms with van der Waals surface area (Å²) in [6.07, 6.45) is 1.64. The van der Waals surface area contributed by atoms with E-state index in [-0.39, 0.29) is 5.60 Å². The minimum atomic E-state index is 0.0417. The average molecular weight is 174 g/mol. The van der Waals surface area contributed by atoms with Gasteiger partial charge in [0.2, 0.25) is 0 Å². The zero-order valence-corrected chi connectivity index (χ0v) is 9.18. The average Bonchev–Trinajstić information content (AvgIpc) is 1.87. The standard InChI is InChI=1S/C5H12O.C5H10O/c1-5(2,3)6-4;1-5(2)3-4-6/h1-4H3;4-5H,3H2,1-2H3. The maximum absolute atomic E-state index is 9.62.